The summed E-state index contributed by atoms with van der Waals surface area (Å²) in [6, 6.07) is 16.8. The quantitative estimate of drug-likeness (QED) is 0.776. The summed E-state index contributed by atoms with van der Waals surface area (Å²) in [5.41, 5.74) is 8.10. The summed E-state index contributed by atoms with van der Waals surface area (Å²) < 4.78 is 25.0. The van der Waals surface area contributed by atoms with Crippen LogP contribution < -0.4 is 5.73 Å². The second-order valence-electron chi connectivity index (χ2n) is 7.19. The van der Waals surface area contributed by atoms with Crippen LogP contribution in [0.3, 0.4) is 0 Å². The number of carbonyl (C=O) groups excluding carboxylic acids is 1. The Kier molecular flexibility index (Phi) is 7.63. The molecule has 152 valence electrons. The molecule has 3 rings (SSSR count). The van der Waals surface area contributed by atoms with E-state index in [9.17, 15) is 13.2 Å². The van der Waals surface area contributed by atoms with Crippen LogP contribution in [0.15, 0.2) is 59.5 Å². The van der Waals surface area contributed by atoms with E-state index < -0.39 is 9.84 Å². The van der Waals surface area contributed by atoms with Crippen LogP contribution in [0, 0.1) is 12.8 Å². The Morgan fingerprint density at radius 1 is 1.07 bits per heavy atom. The lowest BCUT2D eigenvalue weighted by molar-refractivity contribution is -0.129. The number of benzene rings is 2. The Hall–Kier alpha value is -1.89. The molecule has 2 aromatic rings. The van der Waals surface area contributed by atoms with Crippen LogP contribution in [0.25, 0.3) is 0 Å². The largest absolute Gasteiger partial charge is 0.342 e. The van der Waals surface area contributed by atoms with Crippen molar-refractivity contribution in [3.05, 3.63) is 65.7 Å². The summed E-state index contributed by atoms with van der Waals surface area (Å²) in [6.07, 6.45) is -0.00495. The highest BCUT2D eigenvalue weighted by molar-refractivity contribution is 7.91. The molecule has 5 nitrogen and oxygen atoms in total. The van der Waals surface area contributed by atoms with Gasteiger partial charge >= 0.3 is 0 Å². The summed E-state index contributed by atoms with van der Waals surface area (Å²) >= 11 is 0. The fourth-order valence-electron chi connectivity index (χ4n) is 3.63. The maximum absolute atomic E-state index is 12.6. The molecule has 28 heavy (non-hydrogen) atoms. The van der Waals surface area contributed by atoms with Crippen LogP contribution in [-0.4, -0.2) is 44.6 Å². The molecule has 0 spiro atoms. The molecule has 0 unspecified atom stereocenters. The van der Waals surface area contributed by atoms with Gasteiger partial charge in [0.1, 0.15) is 0 Å². The molecule has 2 aromatic carbocycles. The molecule has 0 radical (unpaired) electrons. The number of likely N-dealkylation sites (tertiary alicyclic amines) is 1. The highest BCUT2D eigenvalue weighted by atomic mass is 35.5. The van der Waals surface area contributed by atoms with Gasteiger partial charge in [0, 0.05) is 25.4 Å². The maximum Gasteiger partial charge on any atom is 0.223 e. The molecule has 1 amide bonds. The summed E-state index contributed by atoms with van der Waals surface area (Å²) in [6.45, 7) is 3.59. The van der Waals surface area contributed by atoms with Crippen LogP contribution in [-0.2, 0) is 14.6 Å². The van der Waals surface area contributed by atoms with E-state index >= 15 is 0 Å². The number of aryl methyl sites for hydroxylation is 1. The summed E-state index contributed by atoms with van der Waals surface area (Å²) in [7, 11) is -3.46. The molecule has 1 aliphatic rings. The van der Waals surface area contributed by atoms with Gasteiger partial charge in [-0.3, -0.25) is 4.79 Å². The molecule has 1 fully saturated rings. The average Bonchev–Trinajstić information content (AvgIpc) is 3.12. The standard InChI is InChI=1S/C21H26N2O3S.ClH/c1-16-7-9-19(10-8-16)27(25,26)12-11-21(24)23-14-18(13-22)20(15-23)17-5-3-2-4-6-17;/h2-10,18,20H,11-15,22H2,1H3;1H/t18-,20+;/m1./s1. The van der Waals surface area contributed by atoms with Crippen LogP contribution >= 0.6 is 12.4 Å². The van der Waals surface area contributed by atoms with Gasteiger partial charge in [-0.1, -0.05) is 48.0 Å². The highest BCUT2D eigenvalue weighted by Crippen LogP contribution is 2.32. The lowest BCUT2D eigenvalue weighted by Gasteiger charge is -2.17. The molecule has 1 aliphatic heterocycles. The average molecular weight is 423 g/mol. The second-order valence-corrected chi connectivity index (χ2v) is 9.30. The molecule has 0 aliphatic carbocycles. The van der Waals surface area contributed by atoms with Gasteiger partial charge in [0.2, 0.25) is 5.91 Å². The van der Waals surface area contributed by atoms with Gasteiger partial charge in [-0.15, -0.1) is 12.4 Å². The monoisotopic (exact) mass is 422 g/mol. The summed E-state index contributed by atoms with van der Waals surface area (Å²) in [5.74, 6) is 0.107. The zero-order valence-electron chi connectivity index (χ0n) is 16.0. The van der Waals surface area contributed by atoms with Crippen LogP contribution in [0.1, 0.15) is 23.5 Å². The predicted octanol–water partition coefficient (Wildman–Crippen LogP) is 2.78. The van der Waals surface area contributed by atoms with Gasteiger partial charge in [0.15, 0.2) is 9.84 Å². The van der Waals surface area contributed by atoms with E-state index in [0.717, 1.165) is 5.56 Å². The van der Waals surface area contributed by atoms with Crippen LogP contribution in [0.2, 0.25) is 0 Å². The second kappa shape index (κ2) is 9.54. The zero-order chi connectivity index (χ0) is 19.4. The molecule has 2 N–H and O–H groups in total. The van der Waals surface area contributed by atoms with E-state index in [-0.39, 0.29) is 47.2 Å². The fourth-order valence-corrected chi connectivity index (χ4v) is 4.86. The Balaban J connectivity index is 0.00000280. The third kappa shape index (κ3) is 5.13. The first kappa shape index (κ1) is 22.4. The van der Waals surface area contributed by atoms with Crippen molar-refractivity contribution in [2.45, 2.75) is 24.2 Å². The van der Waals surface area contributed by atoms with Crippen molar-refractivity contribution >= 4 is 28.2 Å². The van der Waals surface area contributed by atoms with Gasteiger partial charge in [0.05, 0.1) is 10.6 Å². The van der Waals surface area contributed by atoms with E-state index in [0.29, 0.717) is 19.6 Å². The molecule has 0 saturated carbocycles. The summed E-state index contributed by atoms with van der Waals surface area (Å²) in [4.78, 5) is 14.7. The van der Waals surface area contributed by atoms with Crippen molar-refractivity contribution < 1.29 is 13.2 Å². The topological polar surface area (TPSA) is 80.5 Å². The lowest BCUT2D eigenvalue weighted by Crippen LogP contribution is -2.31. The highest BCUT2D eigenvalue weighted by Gasteiger charge is 2.35. The Morgan fingerprint density at radius 3 is 2.32 bits per heavy atom. The molecule has 2 atom stereocenters. The van der Waals surface area contributed by atoms with Gasteiger partial charge in [-0.25, -0.2) is 8.42 Å². The van der Waals surface area contributed by atoms with Crippen molar-refractivity contribution in [3.63, 3.8) is 0 Å². The van der Waals surface area contributed by atoms with Gasteiger partial charge in [-0.2, -0.15) is 0 Å². The molecule has 1 heterocycles. The number of sulfone groups is 1. The summed E-state index contributed by atoms with van der Waals surface area (Å²) in [5, 5.41) is 0. The fraction of sp³-hybridized carbons (Fsp3) is 0.381. The number of rotatable bonds is 6. The first-order valence-electron chi connectivity index (χ1n) is 9.23. The zero-order valence-corrected chi connectivity index (χ0v) is 17.6. The molecule has 7 heteroatoms. The first-order chi connectivity index (χ1) is 12.9. The van der Waals surface area contributed by atoms with Gasteiger partial charge in [0.25, 0.3) is 0 Å². The van der Waals surface area contributed by atoms with Crippen molar-refractivity contribution in [2.24, 2.45) is 11.7 Å². The minimum atomic E-state index is -3.46. The van der Waals surface area contributed by atoms with Crippen LogP contribution in [0.4, 0.5) is 0 Å². The van der Waals surface area contributed by atoms with Crippen LogP contribution in [0.5, 0.6) is 0 Å². The molecular formula is C21H27ClN2O3S. The smallest absolute Gasteiger partial charge is 0.223 e. The number of hydrogen-bond donors (Lipinski definition) is 1. The lowest BCUT2D eigenvalue weighted by atomic mass is 9.89. The number of amides is 1. The van der Waals surface area contributed by atoms with Crippen molar-refractivity contribution in [1.29, 1.82) is 0 Å². The number of carbonyl (C=O) groups is 1. The number of nitrogens with zero attached hydrogens (tertiary/aromatic N) is 1. The van der Waals surface area contributed by atoms with Gasteiger partial charge in [-0.05, 0) is 37.1 Å². The van der Waals surface area contributed by atoms with E-state index in [4.69, 9.17) is 5.73 Å². The molecule has 0 aromatic heterocycles. The first-order valence-corrected chi connectivity index (χ1v) is 10.9. The molecule has 1 saturated heterocycles. The number of nitrogens with two attached hydrogens (primary N) is 1. The van der Waals surface area contributed by atoms with Crippen molar-refractivity contribution in [2.75, 3.05) is 25.4 Å². The van der Waals surface area contributed by atoms with E-state index in [1.807, 2.05) is 25.1 Å². The molecule has 0 bridgehead atoms. The third-order valence-corrected chi connectivity index (χ3v) is 7.02. The Bertz CT molecular complexity index is 886. The maximum atomic E-state index is 12.6. The minimum Gasteiger partial charge on any atom is -0.342 e. The van der Waals surface area contributed by atoms with Crippen molar-refractivity contribution in [3.8, 4) is 0 Å². The molecular weight excluding hydrogens is 396 g/mol. The SMILES string of the molecule is Cc1ccc(S(=O)(=O)CCC(=O)N2C[C@@H](CN)[C@H](c3ccccc3)C2)cc1.Cl. The van der Waals surface area contributed by atoms with E-state index in [1.165, 1.54) is 5.56 Å². The Morgan fingerprint density at radius 2 is 1.71 bits per heavy atom. The predicted molar refractivity (Wildman–Crippen MR) is 113 cm³/mol. The van der Waals surface area contributed by atoms with E-state index in [1.54, 1.807) is 29.2 Å². The minimum absolute atomic E-state index is 0. The van der Waals surface area contributed by atoms with Crippen molar-refractivity contribution in [1.82, 2.24) is 4.90 Å². The number of halogens is 1. The Labute approximate surface area is 173 Å². The number of hydrogen-bond acceptors (Lipinski definition) is 4. The third-order valence-electron chi connectivity index (χ3n) is 5.29. The van der Waals surface area contributed by atoms with E-state index in [2.05, 4.69) is 12.1 Å². The normalized spacial score (nSPS) is 19.3. The van der Waals surface area contributed by atoms with Gasteiger partial charge < -0.3 is 10.6 Å².